The Morgan fingerprint density at radius 2 is 2.08 bits per heavy atom. The highest BCUT2D eigenvalue weighted by Gasteiger charge is 1.98. The Hall–Kier alpha value is 0.110. The van der Waals surface area contributed by atoms with Crippen molar-refractivity contribution in [3.05, 3.63) is 0 Å². The predicted molar refractivity (Wildman–Crippen MR) is 55.9 cm³/mol. The highest BCUT2D eigenvalue weighted by molar-refractivity contribution is 7.84. The minimum Gasteiger partial charge on any atom is -0.316 e. The topological polar surface area (TPSA) is 29.1 Å². The van der Waals surface area contributed by atoms with E-state index in [9.17, 15) is 4.21 Å². The van der Waals surface area contributed by atoms with Crippen LogP contribution in [0.2, 0.25) is 0 Å². The van der Waals surface area contributed by atoms with Crippen LogP contribution in [-0.2, 0) is 10.8 Å². The first kappa shape index (κ1) is 12.1. The third kappa shape index (κ3) is 6.80. The van der Waals surface area contributed by atoms with Gasteiger partial charge in [0.05, 0.1) is 0 Å². The van der Waals surface area contributed by atoms with Crippen LogP contribution in [-0.4, -0.2) is 28.8 Å². The summed E-state index contributed by atoms with van der Waals surface area (Å²) < 4.78 is 11.0. The molecule has 0 heterocycles. The number of hydrogen-bond acceptors (Lipinski definition) is 2. The minimum absolute atomic E-state index is 0.606. The first-order valence-corrected chi connectivity index (χ1v) is 6.25. The van der Waals surface area contributed by atoms with Crippen LogP contribution in [0.3, 0.4) is 0 Å². The van der Waals surface area contributed by atoms with E-state index >= 15 is 0 Å². The van der Waals surface area contributed by atoms with Crippen molar-refractivity contribution in [2.24, 2.45) is 5.92 Å². The summed E-state index contributed by atoms with van der Waals surface area (Å²) in [7, 11) is -0.606. The van der Waals surface area contributed by atoms with Crippen molar-refractivity contribution in [2.45, 2.75) is 27.2 Å². The zero-order chi connectivity index (χ0) is 9.40. The molecule has 2 unspecified atom stereocenters. The van der Waals surface area contributed by atoms with E-state index in [0.29, 0.717) is 0 Å². The monoisotopic (exact) mass is 191 g/mol. The molecule has 0 aromatic heterocycles. The Balaban J connectivity index is 3.15. The summed E-state index contributed by atoms with van der Waals surface area (Å²) in [5.41, 5.74) is 0. The van der Waals surface area contributed by atoms with Gasteiger partial charge in [0.1, 0.15) is 0 Å². The van der Waals surface area contributed by atoms with Crippen molar-refractivity contribution in [3.8, 4) is 0 Å². The normalized spacial score (nSPS) is 15.9. The fourth-order valence-corrected chi connectivity index (χ4v) is 1.48. The number of rotatable bonds is 7. The van der Waals surface area contributed by atoms with Crippen LogP contribution < -0.4 is 5.32 Å². The molecule has 2 nitrogen and oxygen atoms in total. The Morgan fingerprint density at radius 3 is 2.58 bits per heavy atom. The van der Waals surface area contributed by atoms with Gasteiger partial charge in [0.15, 0.2) is 0 Å². The Bertz CT molecular complexity index is 128. The fraction of sp³-hybridized carbons (Fsp3) is 1.00. The summed E-state index contributed by atoms with van der Waals surface area (Å²) in [6.45, 7) is 8.33. The highest BCUT2D eigenvalue weighted by Crippen LogP contribution is 1.96. The molecule has 74 valence electrons. The van der Waals surface area contributed by atoms with Gasteiger partial charge in [-0.1, -0.05) is 27.2 Å². The molecule has 0 aliphatic heterocycles. The van der Waals surface area contributed by atoms with Crippen LogP contribution in [0, 0.1) is 5.92 Å². The molecular formula is C9H21NOS. The van der Waals surface area contributed by atoms with Crippen molar-refractivity contribution >= 4 is 10.8 Å². The molecule has 0 aliphatic carbocycles. The molecule has 2 atom stereocenters. The van der Waals surface area contributed by atoms with Crippen molar-refractivity contribution in [1.29, 1.82) is 0 Å². The number of hydrogen-bond donors (Lipinski definition) is 1. The van der Waals surface area contributed by atoms with Crippen LogP contribution in [0.15, 0.2) is 0 Å². The van der Waals surface area contributed by atoms with Gasteiger partial charge in [-0.25, -0.2) is 0 Å². The first-order chi connectivity index (χ1) is 5.70. The van der Waals surface area contributed by atoms with Crippen LogP contribution in [0.1, 0.15) is 27.2 Å². The molecule has 0 radical (unpaired) electrons. The molecule has 0 saturated heterocycles. The summed E-state index contributed by atoms with van der Waals surface area (Å²) in [6, 6.07) is 0. The fourth-order valence-electron chi connectivity index (χ4n) is 0.823. The summed E-state index contributed by atoms with van der Waals surface area (Å²) in [4.78, 5) is 0. The summed E-state index contributed by atoms with van der Waals surface area (Å²) in [5.74, 6) is 2.32. The molecule has 0 rings (SSSR count). The molecule has 0 aromatic rings. The summed E-state index contributed by atoms with van der Waals surface area (Å²) in [6.07, 6.45) is 1.21. The quantitative estimate of drug-likeness (QED) is 0.616. The average molecular weight is 191 g/mol. The number of nitrogens with one attached hydrogen (secondary N) is 1. The van der Waals surface area contributed by atoms with E-state index in [4.69, 9.17) is 0 Å². The van der Waals surface area contributed by atoms with E-state index in [1.165, 1.54) is 6.42 Å². The Kier molecular flexibility index (Phi) is 7.81. The predicted octanol–water partition coefficient (Wildman–Crippen LogP) is 1.39. The molecule has 0 bridgehead atoms. The van der Waals surface area contributed by atoms with Gasteiger partial charge in [-0.3, -0.25) is 4.21 Å². The molecule has 1 N–H and O–H groups in total. The highest BCUT2D eigenvalue weighted by atomic mass is 32.2. The third-order valence-corrected chi connectivity index (χ3v) is 3.32. The summed E-state index contributed by atoms with van der Waals surface area (Å²) >= 11 is 0. The first-order valence-electron chi connectivity index (χ1n) is 4.76. The molecule has 0 amide bonds. The Morgan fingerprint density at radius 1 is 1.42 bits per heavy atom. The van der Waals surface area contributed by atoms with Gasteiger partial charge in [0, 0.05) is 28.9 Å². The molecule has 0 fully saturated rings. The lowest BCUT2D eigenvalue weighted by atomic mass is 10.1. The lowest BCUT2D eigenvalue weighted by Gasteiger charge is -2.09. The van der Waals surface area contributed by atoms with E-state index in [-0.39, 0.29) is 0 Å². The van der Waals surface area contributed by atoms with E-state index < -0.39 is 10.8 Å². The lowest BCUT2D eigenvalue weighted by Crippen LogP contribution is -2.25. The zero-order valence-electron chi connectivity index (χ0n) is 8.43. The van der Waals surface area contributed by atoms with Gasteiger partial charge in [0.2, 0.25) is 0 Å². The van der Waals surface area contributed by atoms with Crippen LogP contribution in [0.4, 0.5) is 0 Å². The second-order valence-corrected chi connectivity index (χ2v) is 5.02. The molecule has 0 aromatic carbocycles. The van der Waals surface area contributed by atoms with Crippen molar-refractivity contribution < 1.29 is 4.21 Å². The molecule has 0 saturated carbocycles. The molecule has 12 heavy (non-hydrogen) atoms. The molecule has 0 spiro atoms. The van der Waals surface area contributed by atoms with Gasteiger partial charge in [-0.2, -0.15) is 0 Å². The molecule has 0 aliphatic rings. The minimum atomic E-state index is -0.606. The van der Waals surface area contributed by atoms with Gasteiger partial charge in [-0.15, -0.1) is 0 Å². The van der Waals surface area contributed by atoms with Gasteiger partial charge in [0.25, 0.3) is 0 Å². The molecule has 3 heteroatoms. The van der Waals surface area contributed by atoms with Gasteiger partial charge >= 0.3 is 0 Å². The zero-order valence-corrected chi connectivity index (χ0v) is 9.25. The lowest BCUT2D eigenvalue weighted by molar-refractivity contribution is 0.510. The van der Waals surface area contributed by atoms with Crippen molar-refractivity contribution in [3.63, 3.8) is 0 Å². The maximum atomic E-state index is 11.0. The second kappa shape index (κ2) is 7.74. The standard InChI is InChI=1S/C9H21NOS/c1-4-9(3)8-10-6-7-12(11)5-2/h9-10H,4-8H2,1-3H3. The average Bonchev–Trinajstić information content (AvgIpc) is 2.11. The summed E-state index contributed by atoms with van der Waals surface area (Å²) in [5, 5.41) is 3.31. The van der Waals surface area contributed by atoms with E-state index in [1.807, 2.05) is 6.92 Å². The Labute approximate surface area is 78.6 Å². The van der Waals surface area contributed by atoms with Crippen molar-refractivity contribution in [2.75, 3.05) is 24.6 Å². The maximum Gasteiger partial charge on any atom is 0.0359 e. The van der Waals surface area contributed by atoms with Crippen LogP contribution in [0.25, 0.3) is 0 Å². The van der Waals surface area contributed by atoms with E-state index in [2.05, 4.69) is 19.2 Å². The van der Waals surface area contributed by atoms with Crippen LogP contribution >= 0.6 is 0 Å². The van der Waals surface area contributed by atoms with Gasteiger partial charge < -0.3 is 5.32 Å². The van der Waals surface area contributed by atoms with Crippen molar-refractivity contribution in [1.82, 2.24) is 5.32 Å². The van der Waals surface area contributed by atoms with E-state index in [0.717, 1.165) is 30.5 Å². The van der Waals surface area contributed by atoms with Crippen LogP contribution in [0.5, 0.6) is 0 Å². The SMILES string of the molecule is CCC(C)CNCCS(=O)CC. The maximum absolute atomic E-state index is 11.0. The smallest absolute Gasteiger partial charge is 0.0359 e. The largest absolute Gasteiger partial charge is 0.316 e. The third-order valence-electron chi connectivity index (χ3n) is 2.02. The molecular weight excluding hydrogens is 170 g/mol. The van der Waals surface area contributed by atoms with E-state index in [1.54, 1.807) is 0 Å². The van der Waals surface area contributed by atoms with Gasteiger partial charge in [-0.05, 0) is 12.5 Å². The second-order valence-electron chi connectivity index (χ2n) is 3.15.